The first-order valence-corrected chi connectivity index (χ1v) is 14.9. The van der Waals surface area contributed by atoms with Crippen molar-refractivity contribution in [3.63, 3.8) is 0 Å². The van der Waals surface area contributed by atoms with Crippen molar-refractivity contribution in [2.45, 2.75) is 58.0 Å². The second kappa shape index (κ2) is 13.6. The minimum atomic E-state index is -4.15. The smallest absolute Gasteiger partial charge is 0.264 e. The van der Waals surface area contributed by atoms with E-state index in [-0.39, 0.29) is 17.3 Å². The minimum Gasteiger partial charge on any atom is -0.354 e. The molecule has 0 spiro atoms. The van der Waals surface area contributed by atoms with Crippen molar-refractivity contribution in [1.82, 2.24) is 10.2 Å². The van der Waals surface area contributed by atoms with Crippen LogP contribution in [0.4, 0.5) is 5.69 Å². The van der Waals surface area contributed by atoms with Crippen LogP contribution in [0.15, 0.2) is 77.7 Å². The summed E-state index contributed by atoms with van der Waals surface area (Å²) in [6.45, 7) is 7.57. The third kappa shape index (κ3) is 7.61. The molecule has 0 fully saturated rings. The first kappa shape index (κ1) is 30.2. The summed E-state index contributed by atoms with van der Waals surface area (Å²) in [5.74, 6) is -0.761. The number of sulfonamides is 1. The Labute approximate surface area is 236 Å². The zero-order valence-electron chi connectivity index (χ0n) is 22.9. The molecule has 0 aliphatic carbocycles. The van der Waals surface area contributed by atoms with Crippen LogP contribution in [0.1, 0.15) is 43.4 Å². The van der Waals surface area contributed by atoms with E-state index >= 15 is 0 Å². The lowest BCUT2D eigenvalue weighted by molar-refractivity contribution is -0.140. The van der Waals surface area contributed by atoms with E-state index in [9.17, 15) is 18.0 Å². The van der Waals surface area contributed by atoms with Crippen LogP contribution in [0.5, 0.6) is 0 Å². The van der Waals surface area contributed by atoms with Crippen LogP contribution in [-0.2, 0) is 26.2 Å². The highest BCUT2D eigenvalue weighted by Gasteiger charge is 2.34. The van der Waals surface area contributed by atoms with Gasteiger partial charge in [0.15, 0.2) is 0 Å². The third-order valence-electron chi connectivity index (χ3n) is 6.46. The van der Waals surface area contributed by atoms with E-state index in [0.29, 0.717) is 29.2 Å². The molecule has 2 amide bonds. The molecule has 0 saturated carbocycles. The monoisotopic (exact) mass is 569 g/mol. The molecule has 1 N–H and O–H groups in total. The molecule has 7 nitrogen and oxygen atoms in total. The maximum absolute atomic E-state index is 14.0. The highest BCUT2D eigenvalue weighted by molar-refractivity contribution is 7.92. The summed E-state index contributed by atoms with van der Waals surface area (Å²) in [7, 11) is -4.15. The largest absolute Gasteiger partial charge is 0.354 e. The molecule has 208 valence electrons. The molecule has 0 radical (unpaired) electrons. The van der Waals surface area contributed by atoms with Gasteiger partial charge in [-0.15, -0.1) is 0 Å². The van der Waals surface area contributed by atoms with Crippen LogP contribution in [0, 0.1) is 13.8 Å². The number of nitrogens with one attached hydrogen (secondary N) is 1. The number of aryl methyl sites for hydroxylation is 2. The molecule has 0 aliphatic rings. The first-order chi connectivity index (χ1) is 18.6. The fourth-order valence-corrected chi connectivity index (χ4v) is 5.90. The maximum Gasteiger partial charge on any atom is 0.264 e. The van der Waals surface area contributed by atoms with Gasteiger partial charge in [0.2, 0.25) is 11.8 Å². The van der Waals surface area contributed by atoms with E-state index in [1.165, 1.54) is 17.0 Å². The second-order valence-corrected chi connectivity index (χ2v) is 11.8. The number of carbonyl (C=O) groups excluding carboxylic acids is 2. The molecule has 9 heteroatoms. The normalized spacial score (nSPS) is 12.0. The van der Waals surface area contributed by atoms with Crippen LogP contribution >= 0.6 is 11.6 Å². The summed E-state index contributed by atoms with van der Waals surface area (Å²) in [5, 5.41) is 3.23. The van der Waals surface area contributed by atoms with Gasteiger partial charge in [-0.3, -0.25) is 13.9 Å². The number of hydrogen-bond donors (Lipinski definition) is 1. The zero-order chi connectivity index (χ0) is 28.6. The predicted molar refractivity (Wildman–Crippen MR) is 156 cm³/mol. The highest BCUT2D eigenvalue weighted by Crippen LogP contribution is 2.30. The Morgan fingerprint density at radius 1 is 0.949 bits per heavy atom. The molecule has 3 rings (SSSR count). The predicted octanol–water partition coefficient (Wildman–Crippen LogP) is 5.49. The Bertz CT molecular complexity index is 1380. The van der Waals surface area contributed by atoms with E-state index in [2.05, 4.69) is 5.32 Å². The van der Waals surface area contributed by atoms with Gasteiger partial charge in [0, 0.05) is 18.1 Å². The van der Waals surface area contributed by atoms with Crippen molar-refractivity contribution in [2.24, 2.45) is 0 Å². The van der Waals surface area contributed by atoms with Gasteiger partial charge in [-0.2, -0.15) is 0 Å². The van der Waals surface area contributed by atoms with Crippen molar-refractivity contribution in [1.29, 1.82) is 0 Å². The fraction of sp³-hybridized carbons (Fsp3) is 0.333. The van der Waals surface area contributed by atoms with Gasteiger partial charge in [-0.25, -0.2) is 8.42 Å². The van der Waals surface area contributed by atoms with Crippen molar-refractivity contribution in [3.05, 3.63) is 94.5 Å². The number of anilines is 1. The molecule has 1 atom stereocenters. The van der Waals surface area contributed by atoms with Crippen LogP contribution < -0.4 is 9.62 Å². The standard InChI is InChI=1S/C30H36ClN3O4S/c1-5-18-32-30(36)27(6-2)33(20-24-10-8-7-9-11-24)29(35)21-34(28-19-25(31)15-14-23(28)4)39(37,38)26-16-12-22(3)13-17-26/h7-17,19,27H,5-6,18,20-21H2,1-4H3,(H,32,36)/t27-/m0/s1. The molecule has 0 aliphatic heterocycles. The molecular weight excluding hydrogens is 534 g/mol. The first-order valence-electron chi connectivity index (χ1n) is 13.0. The van der Waals surface area contributed by atoms with Gasteiger partial charge < -0.3 is 10.2 Å². The number of rotatable bonds is 12. The summed E-state index contributed by atoms with van der Waals surface area (Å²) < 4.78 is 29.0. The average Bonchev–Trinajstić information content (AvgIpc) is 2.92. The van der Waals surface area contributed by atoms with E-state index in [1.807, 2.05) is 51.1 Å². The summed E-state index contributed by atoms with van der Waals surface area (Å²) in [6.07, 6.45) is 1.13. The number of nitrogens with zero attached hydrogens (tertiary/aromatic N) is 2. The van der Waals surface area contributed by atoms with Gasteiger partial charge >= 0.3 is 0 Å². The van der Waals surface area contributed by atoms with Crippen LogP contribution in [0.25, 0.3) is 0 Å². The molecule has 39 heavy (non-hydrogen) atoms. The van der Waals surface area contributed by atoms with Crippen molar-refractivity contribution in [3.8, 4) is 0 Å². The maximum atomic E-state index is 14.0. The Kier molecular flexibility index (Phi) is 10.5. The topological polar surface area (TPSA) is 86.8 Å². The second-order valence-electron chi connectivity index (χ2n) is 9.48. The minimum absolute atomic E-state index is 0.0580. The SMILES string of the molecule is CCCNC(=O)[C@H](CC)N(Cc1ccccc1)C(=O)CN(c1cc(Cl)ccc1C)S(=O)(=O)c1ccc(C)cc1. The molecule has 0 bridgehead atoms. The summed E-state index contributed by atoms with van der Waals surface area (Å²) in [4.78, 5) is 28.7. The third-order valence-corrected chi connectivity index (χ3v) is 8.47. The van der Waals surface area contributed by atoms with E-state index in [1.54, 1.807) is 37.3 Å². The molecule has 0 saturated heterocycles. The lowest BCUT2D eigenvalue weighted by Gasteiger charge is -2.33. The molecular formula is C30H36ClN3O4S. The highest BCUT2D eigenvalue weighted by atomic mass is 35.5. The van der Waals surface area contributed by atoms with Gasteiger partial charge in [-0.1, -0.05) is 79.5 Å². The van der Waals surface area contributed by atoms with Crippen molar-refractivity contribution < 1.29 is 18.0 Å². The lowest BCUT2D eigenvalue weighted by atomic mass is 10.1. The van der Waals surface area contributed by atoms with Crippen LogP contribution in [0.3, 0.4) is 0 Å². The molecule has 3 aromatic rings. The fourth-order valence-electron chi connectivity index (χ4n) is 4.27. The quantitative estimate of drug-likeness (QED) is 0.313. The van der Waals surface area contributed by atoms with Crippen molar-refractivity contribution in [2.75, 3.05) is 17.4 Å². The van der Waals surface area contributed by atoms with E-state index < -0.39 is 28.5 Å². The van der Waals surface area contributed by atoms with Gasteiger partial charge in [-0.05, 0) is 62.1 Å². The summed E-state index contributed by atoms with van der Waals surface area (Å²) in [5.41, 5.74) is 2.69. The Balaban J connectivity index is 2.08. The number of hydrogen-bond acceptors (Lipinski definition) is 4. The molecule has 0 heterocycles. The van der Waals surface area contributed by atoms with Crippen LogP contribution in [0.2, 0.25) is 5.02 Å². The number of amides is 2. The Morgan fingerprint density at radius 3 is 2.23 bits per heavy atom. The van der Waals surface area contributed by atoms with Crippen LogP contribution in [-0.4, -0.2) is 44.3 Å². The van der Waals surface area contributed by atoms with E-state index in [0.717, 1.165) is 21.9 Å². The zero-order valence-corrected chi connectivity index (χ0v) is 24.4. The molecule has 3 aromatic carbocycles. The number of halogens is 1. The van der Waals surface area contributed by atoms with Gasteiger partial charge in [0.25, 0.3) is 10.0 Å². The summed E-state index contributed by atoms with van der Waals surface area (Å²) >= 11 is 6.28. The average molecular weight is 570 g/mol. The van der Waals surface area contributed by atoms with Gasteiger partial charge in [0.05, 0.1) is 10.6 Å². The van der Waals surface area contributed by atoms with Crippen molar-refractivity contribution >= 4 is 39.1 Å². The number of benzene rings is 3. The molecule has 0 unspecified atom stereocenters. The van der Waals surface area contributed by atoms with E-state index in [4.69, 9.17) is 11.6 Å². The molecule has 0 aromatic heterocycles. The summed E-state index contributed by atoms with van der Waals surface area (Å²) in [6, 6.07) is 20.0. The lowest BCUT2D eigenvalue weighted by Crippen LogP contribution is -2.52. The Hall–Kier alpha value is -3.36. The van der Waals surface area contributed by atoms with Gasteiger partial charge in [0.1, 0.15) is 12.6 Å². The Morgan fingerprint density at radius 2 is 1.62 bits per heavy atom. The number of carbonyl (C=O) groups is 2.